The van der Waals surface area contributed by atoms with Crippen LogP contribution in [0.4, 0.5) is 0 Å². The molecule has 132 valence electrons. The summed E-state index contributed by atoms with van der Waals surface area (Å²) in [4.78, 5) is 23.7. The molecule has 6 heteroatoms. The average molecular weight is 572 g/mol. The topological polar surface area (TPSA) is 52.6 Å². The normalized spacial score (nSPS) is 15.0. The van der Waals surface area contributed by atoms with Crippen molar-refractivity contribution in [3.05, 3.63) is 71.9 Å². The number of esters is 2. The molecule has 0 radical (unpaired) electrons. The molecule has 26 heavy (non-hydrogen) atoms. The Labute approximate surface area is 178 Å². The quantitative estimate of drug-likeness (QED) is 0.222. The summed E-state index contributed by atoms with van der Waals surface area (Å²) in [6.45, 7) is 3.35. The lowest BCUT2D eigenvalue weighted by Gasteiger charge is -2.09. The van der Waals surface area contributed by atoms with Crippen LogP contribution >= 0.6 is 45.2 Å². The summed E-state index contributed by atoms with van der Waals surface area (Å²) in [6.07, 6.45) is 3.39. The molecule has 0 saturated heterocycles. The Morgan fingerprint density at radius 1 is 1.15 bits per heavy atom. The number of benzene rings is 2. The Morgan fingerprint density at radius 2 is 1.85 bits per heavy atom. The monoisotopic (exact) mass is 572 g/mol. The molecular weight excluding hydrogens is 558 g/mol. The number of carbonyl (C=O) groups excluding carboxylic acids is 2. The summed E-state index contributed by atoms with van der Waals surface area (Å²) in [5.41, 5.74) is 3.04. The summed E-state index contributed by atoms with van der Waals surface area (Å²) >= 11 is 4.29. The molecule has 1 aliphatic rings. The van der Waals surface area contributed by atoms with Crippen molar-refractivity contribution in [2.24, 2.45) is 0 Å². The molecule has 0 spiro atoms. The summed E-state index contributed by atoms with van der Waals surface area (Å²) in [6, 6.07) is 11.5. The van der Waals surface area contributed by atoms with Crippen LogP contribution in [-0.4, -0.2) is 11.9 Å². The first-order chi connectivity index (χ1) is 12.3. The van der Waals surface area contributed by atoms with E-state index in [0.717, 1.165) is 18.3 Å². The van der Waals surface area contributed by atoms with Crippen molar-refractivity contribution in [3.8, 4) is 5.75 Å². The van der Waals surface area contributed by atoms with Gasteiger partial charge in [0, 0.05) is 21.6 Å². The van der Waals surface area contributed by atoms with Gasteiger partial charge in [0.15, 0.2) is 5.75 Å². The van der Waals surface area contributed by atoms with Crippen LogP contribution in [0, 0.1) is 14.1 Å². The van der Waals surface area contributed by atoms with Gasteiger partial charge in [-0.3, -0.25) is 4.79 Å². The number of cyclic esters (lactones) is 1. The highest BCUT2D eigenvalue weighted by molar-refractivity contribution is 14.1. The van der Waals surface area contributed by atoms with Crippen LogP contribution in [0.2, 0.25) is 0 Å². The summed E-state index contributed by atoms with van der Waals surface area (Å²) < 4.78 is 12.5. The van der Waals surface area contributed by atoms with Crippen molar-refractivity contribution in [2.75, 3.05) is 0 Å². The van der Waals surface area contributed by atoms with E-state index in [1.54, 1.807) is 12.2 Å². The molecule has 1 heterocycles. The van der Waals surface area contributed by atoms with Crippen LogP contribution in [0.1, 0.15) is 23.6 Å². The van der Waals surface area contributed by atoms with Gasteiger partial charge in [-0.05, 0) is 76.4 Å². The Balaban J connectivity index is 2.03. The zero-order valence-corrected chi connectivity index (χ0v) is 18.3. The molecule has 0 aliphatic carbocycles. The van der Waals surface area contributed by atoms with E-state index in [1.165, 1.54) is 6.92 Å². The van der Waals surface area contributed by atoms with Crippen LogP contribution in [0.25, 0.3) is 11.8 Å². The SMILES string of the molecule is CC(=O)Oc1c(I)cc(I)cc1/C=C1\C=C(c2ccc(C)cc2)OC1=O. The first kappa shape index (κ1) is 19.1. The van der Waals surface area contributed by atoms with Gasteiger partial charge in [-0.15, -0.1) is 0 Å². The summed E-state index contributed by atoms with van der Waals surface area (Å²) in [5, 5.41) is 0. The number of ether oxygens (including phenoxy) is 2. The number of carbonyl (C=O) groups is 2. The van der Waals surface area contributed by atoms with E-state index in [-0.39, 0.29) is 0 Å². The van der Waals surface area contributed by atoms with Crippen molar-refractivity contribution in [1.82, 2.24) is 0 Å². The van der Waals surface area contributed by atoms with Gasteiger partial charge in [0.25, 0.3) is 0 Å². The third-order valence-corrected chi connectivity index (χ3v) is 5.08. The van der Waals surface area contributed by atoms with Gasteiger partial charge in [0.2, 0.25) is 0 Å². The van der Waals surface area contributed by atoms with Crippen molar-refractivity contribution in [3.63, 3.8) is 0 Å². The third kappa shape index (κ3) is 4.35. The maximum absolute atomic E-state index is 12.3. The maximum Gasteiger partial charge on any atom is 0.343 e. The molecule has 0 saturated carbocycles. The molecule has 0 aromatic heterocycles. The largest absolute Gasteiger partial charge is 0.425 e. The summed E-state index contributed by atoms with van der Waals surface area (Å²) in [5.74, 6) is 0.114. The fourth-order valence-electron chi connectivity index (χ4n) is 2.46. The van der Waals surface area contributed by atoms with Crippen molar-refractivity contribution >= 4 is 69.0 Å². The van der Waals surface area contributed by atoms with Gasteiger partial charge in [-0.1, -0.05) is 29.8 Å². The molecule has 0 fully saturated rings. The van der Waals surface area contributed by atoms with E-state index < -0.39 is 11.9 Å². The van der Waals surface area contributed by atoms with Crippen molar-refractivity contribution in [2.45, 2.75) is 13.8 Å². The van der Waals surface area contributed by atoms with Crippen molar-refractivity contribution in [1.29, 1.82) is 0 Å². The zero-order valence-electron chi connectivity index (χ0n) is 14.0. The fourth-order valence-corrected chi connectivity index (χ4v) is 4.46. The second-order valence-corrected chi connectivity index (χ2v) is 8.17. The Kier molecular flexibility index (Phi) is 5.81. The van der Waals surface area contributed by atoms with Gasteiger partial charge >= 0.3 is 11.9 Å². The second kappa shape index (κ2) is 7.91. The predicted molar refractivity (Wildman–Crippen MR) is 116 cm³/mol. The third-order valence-electron chi connectivity index (χ3n) is 3.65. The Morgan fingerprint density at radius 3 is 2.50 bits per heavy atom. The lowest BCUT2D eigenvalue weighted by molar-refractivity contribution is -0.132. The first-order valence-corrected chi connectivity index (χ1v) is 9.89. The van der Waals surface area contributed by atoms with E-state index in [9.17, 15) is 9.59 Å². The van der Waals surface area contributed by atoms with Gasteiger partial charge in [-0.25, -0.2) is 4.79 Å². The molecule has 3 rings (SSSR count). The van der Waals surface area contributed by atoms with Crippen LogP contribution in [-0.2, 0) is 14.3 Å². The lowest BCUT2D eigenvalue weighted by Crippen LogP contribution is -2.05. The molecule has 2 aromatic rings. The average Bonchev–Trinajstić information content (AvgIpc) is 2.92. The molecule has 2 aromatic carbocycles. The summed E-state index contributed by atoms with van der Waals surface area (Å²) in [7, 11) is 0. The molecule has 1 aliphatic heterocycles. The smallest absolute Gasteiger partial charge is 0.343 e. The zero-order chi connectivity index (χ0) is 18.8. The molecular formula is C20H14I2O4. The maximum atomic E-state index is 12.3. The Bertz CT molecular complexity index is 957. The minimum Gasteiger partial charge on any atom is -0.425 e. The highest BCUT2D eigenvalue weighted by atomic mass is 127. The van der Waals surface area contributed by atoms with Gasteiger partial charge in [0.1, 0.15) is 5.76 Å². The number of halogens is 2. The predicted octanol–water partition coefficient (Wildman–Crippen LogP) is 5.11. The molecule has 0 unspecified atom stereocenters. The number of aryl methyl sites for hydroxylation is 1. The van der Waals surface area contributed by atoms with E-state index >= 15 is 0 Å². The molecule has 0 atom stereocenters. The minimum atomic E-state index is -0.428. The Hall–Kier alpha value is -1.68. The fraction of sp³-hybridized carbons (Fsp3) is 0.100. The molecule has 0 N–H and O–H groups in total. The van der Waals surface area contributed by atoms with Crippen LogP contribution < -0.4 is 4.74 Å². The van der Waals surface area contributed by atoms with Gasteiger partial charge < -0.3 is 9.47 Å². The van der Waals surface area contributed by atoms with Crippen LogP contribution in [0.3, 0.4) is 0 Å². The lowest BCUT2D eigenvalue weighted by atomic mass is 10.1. The van der Waals surface area contributed by atoms with Crippen LogP contribution in [0.15, 0.2) is 48.0 Å². The first-order valence-electron chi connectivity index (χ1n) is 7.73. The minimum absolute atomic E-state index is 0.409. The molecule has 4 nitrogen and oxygen atoms in total. The second-order valence-electron chi connectivity index (χ2n) is 5.76. The van der Waals surface area contributed by atoms with Crippen LogP contribution in [0.5, 0.6) is 5.75 Å². The van der Waals surface area contributed by atoms with E-state index in [4.69, 9.17) is 9.47 Å². The molecule has 0 amide bonds. The molecule has 0 bridgehead atoms. The number of hydrogen-bond donors (Lipinski definition) is 0. The van der Waals surface area contributed by atoms with Crippen molar-refractivity contribution < 1.29 is 19.1 Å². The van der Waals surface area contributed by atoms with E-state index in [1.807, 2.05) is 43.3 Å². The standard InChI is InChI=1S/C20H14I2O4/c1-11-3-5-13(6-4-11)18-9-15(20(24)26-18)7-14-8-16(21)10-17(22)19(14)25-12(2)23/h3-10H,1-2H3/b15-7+. The highest BCUT2D eigenvalue weighted by Crippen LogP contribution is 2.33. The number of hydrogen-bond acceptors (Lipinski definition) is 4. The van der Waals surface area contributed by atoms with E-state index in [0.29, 0.717) is 22.6 Å². The van der Waals surface area contributed by atoms with Gasteiger partial charge in [0.05, 0.1) is 9.14 Å². The highest BCUT2D eigenvalue weighted by Gasteiger charge is 2.23. The van der Waals surface area contributed by atoms with Gasteiger partial charge in [-0.2, -0.15) is 0 Å². The number of rotatable bonds is 3. The van der Waals surface area contributed by atoms with E-state index in [2.05, 4.69) is 45.2 Å².